The van der Waals surface area contributed by atoms with E-state index in [1.807, 2.05) is 19.1 Å². The number of halogens is 2. The molecule has 1 unspecified atom stereocenters. The third-order valence-corrected chi connectivity index (χ3v) is 3.33. The van der Waals surface area contributed by atoms with Crippen molar-refractivity contribution >= 4 is 15.9 Å². The van der Waals surface area contributed by atoms with Crippen molar-refractivity contribution in [2.75, 3.05) is 13.2 Å². The zero-order valence-corrected chi connectivity index (χ0v) is 11.3. The summed E-state index contributed by atoms with van der Waals surface area (Å²) in [5.41, 5.74) is 0.620. The Morgan fingerprint density at radius 3 is 3.00 bits per heavy atom. The Labute approximate surface area is 109 Å². The molecular weight excluding hydrogens is 285 g/mol. The maximum atomic E-state index is 14.1. The standard InChI is InChI=1S/C13H15BrFNO/c1-2-16-13(11-7-4-8-17-11)9-5-3-6-10(14)12(9)15/h3,5-7,13,16H,2,4,8H2,1H3. The van der Waals surface area contributed by atoms with Gasteiger partial charge in [-0.3, -0.25) is 0 Å². The average Bonchev–Trinajstić information content (AvgIpc) is 2.84. The monoisotopic (exact) mass is 299 g/mol. The van der Waals surface area contributed by atoms with E-state index in [1.165, 1.54) is 0 Å². The molecule has 0 saturated heterocycles. The van der Waals surface area contributed by atoms with Crippen LogP contribution in [0.25, 0.3) is 0 Å². The number of likely N-dealkylation sites (N-methyl/N-ethyl adjacent to an activating group) is 1. The summed E-state index contributed by atoms with van der Waals surface area (Å²) in [7, 11) is 0. The van der Waals surface area contributed by atoms with Crippen molar-refractivity contribution in [2.24, 2.45) is 0 Å². The molecule has 1 heterocycles. The van der Waals surface area contributed by atoms with Crippen molar-refractivity contribution in [3.63, 3.8) is 0 Å². The zero-order valence-electron chi connectivity index (χ0n) is 9.67. The molecule has 0 radical (unpaired) electrons. The van der Waals surface area contributed by atoms with E-state index in [0.717, 1.165) is 18.7 Å². The van der Waals surface area contributed by atoms with E-state index in [-0.39, 0.29) is 11.9 Å². The second-order valence-electron chi connectivity index (χ2n) is 3.88. The maximum absolute atomic E-state index is 14.1. The molecule has 0 aromatic heterocycles. The van der Waals surface area contributed by atoms with Crippen LogP contribution in [-0.2, 0) is 4.74 Å². The van der Waals surface area contributed by atoms with Gasteiger partial charge in [-0.1, -0.05) is 19.1 Å². The Morgan fingerprint density at radius 2 is 2.35 bits per heavy atom. The lowest BCUT2D eigenvalue weighted by molar-refractivity contribution is 0.214. The van der Waals surface area contributed by atoms with Crippen LogP contribution in [0.1, 0.15) is 24.9 Å². The lowest BCUT2D eigenvalue weighted by atomic mass is 10.0. The van der Waals surface area contributed by atoms with E-state index >= 15 is 0 Å². The van der Waals surface area contributed by atoms with Crippen LogP contribution in [-0.4, -0.2) is 13.2 Å². The third kappa shape index (κ3) is 2.69. The van der Waals surface area contributed by atoms with E-state index in [0.29, 0.717) is 16.6 Å². The Bertz CT molecular complexity index is 433. The largest absolute Gasteiger partial charge is 0.496 e. The molecule has 92 valence electrons. The summed E-state index contributed by atoms with van der Waals surface area (Å²) < 4.78 is 20.1. The van der Waals surface area contributed by atoms with Gasteiger partial charge in [0.2, 0.25) is 0 Å². The molecule has 0 amide bonds. The quantitative estimate of drug-likeness (QED) is 0.918. The average molecular weight is 300 g/mol. The number of hydrogen-bond acceptors (Lipinski definition) is 2. The van der Waals surface area contributed by atoms with Gasteiger partial charge in [-0.25, -0.2) is 4.39 Å². The maximum Gasteiger partial charge on any atom is 0.142 e. The lowest BCUT2D eigenvalue weighted by Crippen LogP contribution is -2.24. The van der Waals surface area contributed by atoms with E-state index in [9.17, 15) is 4.39 Å². The van der Waals surface area contributed by atoms with Crippen LogP contribution < -0.4 is 5.32 Å². The lowest BCUT2D eigenvalue weighted by Gasteiger charge is -2.20. The molecule has 17 heavy (non-hydrogen) atoms. The fraction of sp³-hybridized carbons (Fsp3) is 0.385. The normalized spacial score (nSPS) is 16.5. The SMILES string of the molecule is CCNC(C1=CCCO1)c1cccc(Br)c1F. The van der Waals surface area contributed by atoms with Crippen molar-refractivity contribution < 1.29 is 9.13 Å². The minimum Gasteiger partial charge on any atom is -0.496 e. The van der Waals surface area contributed by atoms with Gasteiger partial charge in [-0.05, 0) is 34.6 Å². The predicted molar refractivity (Wildman–Crippen MR) is 69.2 cm³/mol. The summed E-state index contributed by atoms with van der Waals surface area (Å²) in [6.45, 7) is 3.45. The van der Waals surface area contributed by atoms with Gasteiger partial charge in [0, 0.05) is 12.0 Å². The van der Waals surface area contributed by atoms with Gasteiger partial charge in [-0.2, -0.15) is 0 Å². The molecule has 1 N–H and O–H groups in total. The van der Waals surface area contributed by atoms with Crippen LogP contribution in [0.5, 0.6) is 0 Å². The predicted octanol–water partition coefficient (Wildman–Crippen LogP) is 3.54. The second-order valence-corrected chi connectivity index (χ2v) is 4.73. The summed E-state index contributed by atoms with van der Waals surface area (Å²) in [4.78, 5) is 0. The molecule has 1 aromatic carbocycles. The molecule has 1 aliphatic heterocycles. The fourth-order valence-corrected chi connectivity index (χ4v) is 2.33. The van der Waals surface area contributed by atoms with Crippen LogP contribution in [0.15, 0.2) is 34.5 Å². The summed E-state index contributed by atoms with van der Waals surface area (Å²) in [5.74, 6) is 0.596. The molecular formula is C13H15BrFNO. The van der Waals surface area contributed by atoms with Crippen molar-refractivity contribution in [1.82, 2.24) is 5.32 Å². The highest BCUT2D eigenvalue weighted by molar-refractivity contribution is 9.10. The number of hydrogen-bond donors (Lipinski definition) is 1. The van der Waals surface area contributed by atoms with E-state index in [2.05, 4.69) is 21.2 Å². The molecule has 2 nitrogen and oxygen atoms in total. The molecule has 1 aromatic rings. The molecule has 1 atom stereocenters. The minimum atomic E-state index is -0.227. The molecule has 0 spiro atoms. The highest BCUT2D eigenvalue weighted by Crippen LogP contribution is 2.30. The van der Waals surface area contributed by atoms with Crippen molar-refractivity contribution in [1.29, 1.82) is 0 Å². The Balaban J connectivity index is 2.35. The van der Waals surface area contributed by atoms with Crippen molar-refractivity contribution in [3.05, 3.63) is 45.9 Å². The molecule has 0 bridgehead atoms. The summed E-state index contributed by atoms with van der Waals surface area (Å²) in [5, 5.41) is 3.25. The van der Waals surface area contributed by atoms with Gasteiger partial charge in [0.25, 0.3) is 0 Å². The first-order chi connectivity index (χ1) is 8.24. The van der Waals surface area contributed by atoms with E-state index in [1.54, 1.807) is 12.1 Å². The highest BCUT2D eigenvalue weighted by atomic mass is 79.9. The van der Waals surface area contributed by atoms with Crippen molar-refractivity contribution in [2.45, 2.75) is 19.4 Å². The molecule has 0 fully saturated rings. The van der Waals surface area contributed by atoms with Crippen LogP contribution in [0.3, 0.4) is 0 Å². The first-order valence-corrected chi connectivity index (χ1v) is 6.53. The van der Waals surface area contributed by atoms with Gasteiger partial charge in [-0.15, -0.1) is 0 Å². The van der Waals surface area contributed by atoms with Gasteiger partial charge in [0.05, 0.1) is 17.1 Å². The van der Waals surface area contributed by atoms with Crippen LogP contribution in [0.4, 0.5) is 4.39 Å². The van der Waals surface area contributed by atoms with Crippen LogP contribution in [0, 0.1) is 5.82 Å². The number of ether oxygens (including phenoxy) is 1. The number of nitrogens with one attached hydrogen (secondary N) is 1. The minimum absolute atomic E-state index is 0.194. The summed E-state index contributed by atoms with van der Waals surface area (Å²) >= 11 is 3.21. The Hall–Kier alpha value is -0.870. The molecule has 1 aliphatic rings. The first-order valence-electron chi connectivity index (χ1n) is 5.74. The van der Waals surface area contributed by atoms with Crippen LogP contribution in [0.2, 0.25) is 0 Å². The Kier molecular flexibility index (Phi) is 4.18. The van der Waals surface area contributed by atoms with Gasteiger partial charge < -0.3 is 10.1 Å². The van der Waals surface area contributed by atoms with Gasteiger partial charge in [0.15, 0.2) is 0 Å². The molecule has 0 saturated carbocycles. The number of benzene rings is 1. The topological polar surface area (TPSA) is 21.3 Å². The van der Waals surface area contributed by atoms with E-state index < -0.39 is 0 Å². The smallest absolute Gasteiger partial charge is 0.142 e. The molecule has 4 heteroatoms. The zero-order chi connectivity index (χ0) is 12.3. The molecule has 2 rings (SSSR count). The van der Waals surface area contributed by atoms with Crippen LogP contribution >= 0.6 is 15.9 Å². The van der Waals surface area contributed by atoms with Crippen molar-refractivity contribution in [3.8, 4) is 0 Å². The third-order valence-electron chi connectivity index (χ3n) is 2.72. The summed E-state index contributed by atoms with van der Waals surface area (Å²) in [6, 6.07) is 5.13. The molecule has 0 aliphatic carbocycles. The van der Waals surface area contributed by atoms with E-state index in [4.69, 9.17) is 4.74 Å². The second kappa shape index (κ2) is 5.65. The first kappa shape index (κ1) is 12.6. The summed E-state index contributed by atoms with van der Waals surface area (Å²) in [6.07, 6.45) is 2.92. The van der Waals surface area contributed by atoms with Gasteiger partial charge >= 0.3 is 0 Å². The fourth-order valence-electron chi connectivity index (χ4n) is 1.95. The van der Waals surface area contributed by atoms with Gasteiger partial charge in [0.1, 0.15) is 11.6 Å². The highest BCUT2D eigenvalue weighted by Gasteiger charge is 2.23. The number of rotatable bonds is 4. The Morgan fingerprint density at radius 1 is 1.53 bits per heavy atom.